The Bertz CT molecular complexity index is 2880. The zero-order chi connectivity index (χ0) is 39.5. The smallest absolute Gasteiger partial charge is 0.137 e. The molecule has 9 aromatic rings. The van der Waals surface area contributed by atoms with Crippen LogP contribution < -0.4 is 4.74 Å². The molecule has 0 unspecified atom stereocenters. The van der Waals surface area contributed by atoms with Gasteiger partial charge >= 0.3 is 0 Å². The van der Waals surface area contributed by atoms with Gasteiger partial charge in [0.15, 0.2) is 0 Å². The zero-order valence-corrected chi connectivity index (χ0v) is 33.8. The van der Waals surface area contributed by atoms with E-state index in [2.05, 4.69) is 193 Å². The van der Waals surface area contributed by atoms with Gasteiger partial charge in [-0.3, -0.25) is 4.57 Å². The summed E-state index contributed by atoms with van der Waals surface area (Å²) >= 11 is 0. The van der Waals surface area contributed by atoms with Crippen LogP contribution in [0.25, 0.3) is 44.2 Å². The summed E-state index contributed by atoms with van der Waals surface area (Å²) in [4.78, 5) is 4.97. The quantitative estimate of drug-likeness (QED) is 0.156. The van der Waals surface area contributed by atoms with Gasteiger partial charge in [-0.2, -0.15) is 5.10 Å². The molecule has 0 saturated carbocycles. The van der Waals surface area contributed by atoms with Crippen LogP contribution in [0.3, 0.4) is 0 Å². The molecule has 0 bridgehead atoms. The van der Waals surface area contributed by atoms with Crippen molar-refractivity contribution in [1.82, 2.24) is 19.3 Å². The molecule has 282 valence electrons. The summed E-state index contributed by atoms with van der Waals surface area (Å²) in [6, 6.07) is 53.8. The highest BCUT2D eigenvalue weighted by molar-refractivity contribution is 6.10. The van der Waals surface area contributed by atoms with Gasteiger partial charge in [0.2, 0.25) is 0 Å². The zero-order valence-electron chi connectivity index (χ0n) is 33.8. The van der Waals surface area contributed by atoms with Crippen molar-refractivity contribution < 1.29 is 4.74 Å². The van der Waals surface area contributed by atoms with Crippen molar-refractivity contribution >= 4 is 32.7 Å². The van der Waals surface area contributed by atoms with Crippen LogP contribution in [0.15, 0.2) is 164 Å². The molecule has 0 aliphatic carbocycles. The number of hydrogen-bond acceptors (Lipinski definition) is 3. The normalized spacial score (nSPS) is 12.5. The van der Waals surface area contributed by atoms with Gasteiger partial charge in [0.05, 0.1) is 22.2 Å². The minimum Gasteiger partial charge on any atom is -0.457 e. The molecule has 0 aliphatic rings. The van der Waals surface area contributed by atoms with Crippen LogP contribution in [-0.2, 0) is 16.2 Å². The highest BCUT2D eigenvalue weighted by Crippen LogP contribution is 2.41. The molecule has 0 atom stereocenters. The maximum Gasteiger partial charge on any atom is 0.137 e. The molecule has 0 radical (unpaired) electrons. The summed E-state index contributed by atoms with van der Waals surface area (Å²) in [5.74, 6) is 2.37. The predicted molar refractivity (Wildman–Crippen MR) is 236 cm³/mol. The van der Waals surface area contributed by atoms with Crippen LogP contribution in [0.2, 0.25) is 0 Å². The Hall–Kier alpha value is -6.46. The first-order chi connectivity index (χ1) is 27.4. The highest BCUT2D eigenvalue weighted by atomic mass is 16.5. The monoisotopic (exact) mass is 744 g/mol. The van der Waals surface area contributed by atoms with Crippen LogP contribution in [0.5, 0.6) is 11.5 Å². The van der Waals surface area contributed by atoms with Crippen LogP contribution >= 0.6 is 0 Å². The Kier molecular flexibility index (Phi) is 8.65. The number of pyridine rings is 1. The van der Waals surface area contributed by atoms with Gasteiger partial charge in [0, 0.05) is 51.5 Å². The van der Waals surface area contributed by atoms with Crippen LogP contribution in [-0.4, -0.2) is 19.3 Å². The van der Waals surface area contributed by atoms with E-state index in [4.69, 9.17) is 14.8 Å². The lowest BCUT2D eigenvalue weighted by molar-refractivity contribution is 0.480. The van der Waals surface area contributed by atoms with Crippen molar-refractivity contribution in [2.75, 3.05) is 0 Å². The van der Waals surface area contributed by atoms with E-state index in [-0.39, 0.29) is 16.2 Å². The second kappa shape index (κ2) is 13.6. The molecule has 0 aliphatic heterocycles. The van der Waals surface area contributed by atoms with E-state index in [9.17, 15) is 0 Å². The molecule has 0 fully saturated rings. The van der Waals surface area contributed by atoms with E-state index in [1.807, 2.05) is 29.1 Å². The Morgan fingerprint density at radius 1 is 0.491 bits per heavy atom. The molecule has 3 heterocycles. The second-order valence-electron chi connectivity index (χ2n) is 17.3. The third kappa shape index (κ3) is 6.57. The molecule has 5 heteroatoms. The number of aromatic nitrogens is 4. The van der Waals surface area contributed by atoms with E-state index in [1.165, 1.54) is 27.6 Å². The Morgan fingerprint density at radius 3 is 1.88 bits per heavy atom. The molecule has 57 heavy (non-hydrogen) atoms. The first-order valence-corrected chi connectivity index (χ1v) is 19.8. The Labute approximate surface area is 335 Å². The lowest BCUT2D eigenvalue weighted by Gasteiger charge is -2.27. The van der Waals surface area contributed by atoms with E-state index < -0.39 is 0 Å². The number of rotatable bonds is 8. The standard InChI is InChI=1S/C52H48N4O/c1-50(2,3)38-26-27-53-49(31-38)56-47-25-22-39(51(4,5)36-17-10-8-11-18-36)30-45(47)44-24-23-42(33-48(44)56)57-43-29-40(52(6,7)37-19-12-9-13-20-37)28-41(32-43)55-34-35-16-14-15-21-46(35)54-55/h8-34H,1-7H3. The van der Waals surface area contributed by atoms with Crippen molar-refractivity contribution in [2.24, 2.45) is 0 Å². The predicted octanol–water partition coefficient (Wildman–Crippen LogP) is 13.3. The molecular weight excluding hydrogens is 697 g/mol. The number of hydrogen-bond donors (Lipinski definition) is 0. The van der Waals surface area contributed by atoms with Gasteiger partial charge in [-0.15, -0.1) is 0 Å². The average Bonchev–Trinajstić information content (AvgIpc) is 3.80. The highest BCUT2D eigenvalue weighted by Gasteiger charge is 2.27. The second-order valence-corrected chi connectivity index (χ2v) is 17.3. The summed E-state index contributed by atoms with van der Waals surface area (Å²) in [5.41, 5.74) is 9.64. The van der Waals surface area contributed by atoms with Crippen molar-refractivity contribution in [1.29, 1.82) is 0 Å². The van der Waals surface area contributed by atoms with Crippen molar-refractivity contribution in [3.8, 4) is 23.0 Å². The summed E-state index contributed by atoms with van der Waals surface area (Å²) in [7, 11) is 0. The average molecular weight is 745 g/mol. The first-order valence-electron chi connectivity index (χ1n) is 19.8. The van der Waals surface area contributed by atoms with Crippen LogP contribution in [0, 0.1) is 0 Å². The van der Waals surface area contributed by atoms with Crippen LogP contribution in [0.4, 0.5) is 0 Å². The maximum atomic E-state index is 6.92. The first kappa shape index (κ1) is 36.2. The van der Waals surface area contributed by atoms with Crippen molar-refractivity contribution in [2.45, 2.75) is 64.7 Å². The fourth-order valence-electron chi connectivity index (χ4n) is 8.12. The molecule has 5 nitrogen and oxygen atoms in total. The topological polar surface area (TPSA) is 44.9 Å². The van der Waals surface area contributed by atoms with Gasteiger partial charge in [0.1, 0.15) is 17.3 Å². The van der Waals surface area contributed by atoms with Gasteiger partial charge in [-0.05, 0) is 87.8 Å². The fourth-order valence-corrected chi connectivity index (χ4v) is 8.12. The summed E-state index contributed by atoms with van der Waals surface area (Å²) in [5, 5.41) is 8.37. The third-order valence-electron chi connectivity index (χ3n) is 11.8. The lowest BCUT2D eigenvalue weighted by Crippen LogP contribution is -2.19. The molecule has 0 saturated heterocycles. The van der Waals surface area contributed by atoms with Crippen molar-refractivity contribution in [3.05, 3.63) is 192 Å². The van der Waals surface area contributed by atoms with E-state index in [1.54, 1.807) is 0 Å². The van der Waals surface area contributed by atoms with Gasteiger partial charge in [-0.25, -0.2) is 9.67 Å². The van der Waals surface area contributed by atoms with Crippen LogP contribution in [0.1, 0.15) is 76.3 Å². The molecule has 6 aromatic carbocycles. The Morgan fingerprint density at radius 2 is 1.18 bits per heavy atom. The van der Waals surface area contributed by atoms with E-state index >= 15 is 0 Å². The molecule has 9 rings (SSSR count). The summed E-state index contributed by atoms with van der Waals surface area (Å²) in [6.45, 7) is 15.9. The molecule has 0 N–H and O–H groups in total. The minimum atomic E-state index is -0.298. The van der Waals surface area contributed by atoms with Gasteiger partial charge in [0.25, 0.3) is 0 Å². The van der Waals surface area contributed by atoms with Crippen molar-refractivity contribution in [3.63, 3.8) is 0 Å². The van der Waals surface area contributed by atoms with Gasteiger partial charge < -0.3 is 4.74 Å². The number of nitrogens with zero attached hydrogens (tertiary/aromatic N) is 4. The maximum absolute atomic E-state index is 6.92. The fraction of sp³-hybridized carbons (Fsp3) is 0.192. The number of fused-ring (bicyclic) bond motifs is 4. The largest absolute Gasteiger partial charge is 0.457 e. The SMILES string of the molecule is CC(C)(C)c1ccnc(-n2c3ccc(C(C)(C)c4ccccc4)cc3c3ccc(Oc4cc(-n5cc6ccccc6n5)cc(C(C)(C)c5ccccc5)c4)cc32)c1. The molecule has 0 amide bonds. The number of benzene rings is 6. The molecular formula is C52H48N4O. The summed E-state index contributed by atoms with van der Waals surface area (Å²) < 4.78 is 11.2. The van der Waals surface area contributed by atoms with E-state index in [0.29, 0.717) is 0 Å². The lowest BCUT2D eigenvalue weighted by atomic mass is 9.78. The van der Waals surface area contributed by atoms with Gasteiger partial charge in [-0.1, -0.05) is 133 Å². The van der Waals surface area contributed by atoms with E-state index in [0.717, 1.165) is 55.9 Å². The molecule has 0 spiro atoms. The molecule has 3 aromatic heterocycles. The Balaban J connectivity index is 1.21. The summed E-state index contributed by atoms with van der Waals surface area (Å²) in [6.07, 6.45) is 4.02. The minimum absolute atomic E-state index is 0.0335. The number of ether oxygens (including phenoxy) is 1. The third-order valence-corrected chi connectivity index (χ3v) is 11.8.